The molecule has 5 heteroatoms. The van der Waals surface area contributed by atoms with E-state index in [0.29, 0.717) is 5.92 Å². The van der Waals surface area contributed by atoms with Gasteiger partial charge in [-0.3, -0.25) is 4.68 Å². The summed E-state index contributed by atoms with van der Waals surface area (Å²) in [5, 5.41) is 4.54. The average Bonchev–Trinajstić information content (AvgIpc) is 2.53. The first-order valence-corrected chi connectivity index (χ1v) is 6.53. The van der Waals surface area contributed by atoms with Gasteiger partial charge in [0.05, 0.1) is 23.6 Å². The zero-order valence-corrected chi connectivity index (χ0v) is 12.0. The van der Waals surface area contributed by atoms with Gasteiger partial charge in [-0.05, 0) is 19.8 Å². The molecule has 0 spiro atoms. The minimum Gasteiger partial charge on any atom is -0.394 e. The van der Waals surface area contributed by atoms with Crippen molar-refractivity contribution in [3.8, 4) is 0 Å². The van der Waals surface area contributed by atoms with E-state index in [1.807, 2.05) is 11.7 Å². The topological polar surface area (TPSA) is 56.3 Å². The molecule has 1 aromatic heterocycles. The molecule has 0 unspecified atom stereocenters. The molecule has 5 nitrogen and oxygen atoms in total. The van der Waals surface area contributed by atoms with Gasteiger partial charge in [0.15, 0.2) is 5.82 Å². The summed E-state index contributed by atoms with van der Waals surface area (Å²) in [6.45, 7) is 10.9. The maximum Gasteiger partial charge on any atom is 0.150 e. The lowest BCUT2D eigenvalue weighted by atomic mass is 10.1. The normalized spacial score (nSPS) is 19.6. The number of aromatic nitrogens is 2. The predicted molar refractivity (Wildman–Crippen MR) is 74.0 cm³/mol. The number of rotatable bonds is 2. The maximum absolute atomic E-state index is 6.26. The monoisotopic (exact) mass is 252 g/mol. The van der Waals surface area contributed by atoms with Crippen LogP contribution in [0.3, 0.4) is 0 Å². The summed E-state index contributed by atoms with van der Waals surface area (Å²) < 4.78 is 7.63. The van der Waals surface area contributed by atoms with Crippen molar-refractivity contribution in [3.63, 3.8) is 0 Å². The first-order chi connectivity index (χ1) is 8.32. The van der Waals surface area contributed by atoms with Crippen LogP contribution < -0.4 is 10.6 Å². The van der Waals surface area contributed by atoms with Crippen molar-refractivity contribution in [2.24, 2.45) is 7.05 Å². The lowest BCUT2D eigenvalue weighted by Gasteiger charge is -2.39. The molecule has 0 aliphatic carbocycles. The quantitative estimate of drug-likeness (QED) is 0.871. The summed E-state index contributed by atoms with van der Waals surface area (Å²) in [5.74, 6) is 1.37. The van der Waals surface area contributed by atoms with Crippen LogP contribution in [0.25, 0.3) is 0 Å². The van der Waals surface area contributed by atoms with Crippen molar-refractivity contribution >= 4 is 11.5 Å². The molecular formula is C13H24N4O. The Balaban J connectivity index is 2.33. The van der Waals surface area contributed by atoms with E-state index in [4.69, 9.17) is 10.5 Å². The van der Waals surface area contributed by atoms with Gasteiger partial charge in [-0.2, -0.15) is 5.10 Å². The summed E-state index contributed by atoms with van der Waals surface area (Å²) in [5.41, 5.74) is 7.92. The SMILES string of the molecule is CC(C)c1nn(C)c(N2CCOC(C)(C)C2)c1N. The Morgan fingerprint density at radius 2 is 2.06 bits per heavy atom. The van der Waals surface area contributed by atoms with Crippen LogP contribution >= 0.6 is 0 Å². The van der Waals surface area contributed by atoms with Crippen LogP contribution in [0, 0.1) is 0 Å². The molecule has 18 heavy (non-hydrogen) atoms. The summed E-state index contributed by atoms with van der Waals surface area (Å²) in [6, 6.07) is 0. The molecule has 2 heterocycles. The van der Waals surface area contributed by atoms with Crippen molar-refractivity contribution in [2.75, 3.05) is 30.3 Å². The molecule has 0 atom stereocenters. The van der Waals surface area contributed by atoms with E-state index < -0.39 is 0 Å². The van der Waals surface area contributed by atoms with Gasteiger partial charge in [-0.1, -0.05) is 13.8 Å². The Morgan fingerprint density at radius 3 is 2.56 bits per heavy atom. The Labute approximate surface area is 109 Å². The van der Waals surface area contributed by atoms with Crippen molar-refractivity contribution < 1.29 is 4.74 Å². The Bertz CT molecular complexity index is 436. The van der Waals surface area contributed by atoms with E-state index >= 15 is 0 Å². The molecule has 1 fully saturated rings. The summed E-state index contributed by atoms with van der Waals surface area (Å²) in [7, 11) is 1.96. The van der Waals surface area contributed by atoms with E-state index in [1.165, 1.54) is 0 Å². The third-order valence-corrected chi connectivity index (χ3v) is 3.35. The molecule has 0 saturated carbocycles. The zero-order valence-electron chi connectivity index (χ0n) is 12.0. The van der Waals surface area contributed by atoms with Gasteiger partial charge in [0.1, 0.15) is 0 Å². The van der Waals surface area contributed by atoms with Gasteiger partial charge in [-0.25, -0.2) is 0 Å². The number of morpholine rings is 1. The number of nitrogens with zero attached hydrogens (tertiary/aromatic N) is 3. The highest BCUT2D eigenvalue weighted by Crippen LogP contribution is 2.32. The minimum absolute atomic E-state index is 0.132. The Morgan fingerprint density at radius 1 is 1.39 bits per heavy atom. The van der Waals surface area contributed by atoms with Crippen molar-refractivity contribution in [3.05, 3.63) is 5.69 Å². The molecule has 1 aliphatic rings. The van der Waals surface area contributed by atoms with Crippen LogP contribution in [0.15, 0.2) is 0 Å². The van der Waals surface area contributed by atoms with Crippen LogP contribution in [0.1, 0.15) is 39.3 Å². The maximum atomic E-state index is 6.26. The smallest absolute Gasteiger partial charge is 0.150 e. The Kier molecular flexibility index (Phi) is 3.27. The van der Waals surface area contributed by atoms with Gasteiger partial charge in [0.2, 0.25) is 0 Å². The molecule has 0 amide bonds. The van der Waals surface area contributed by atoms with E-state index in [1.54, 1.807) is 0 Å². The van der Waals surface area contributed by atoms with Gasteiger partial charge in [0.25, 0.3) is 0 Å². The van der Waals surface area contributed by atoms with E-state index in [2.05, 4.69) is 37.7 Å². The molecular weight excluding hydrogens is 228 g/mol. The largest absolute Gasteiger partial charge is 0.394 e. The molecule has 2 rings (SSSR count). The number of hydrogen-bond donors (Lipinski definition) is 1. The number of nitrogen functional groups attached to an aromatic ring is 1. The molecule has 1 saturated heterocycles. The number of nitrogens with two attached hydrogens (primary N) is 1. The third-order valence-electron chi connectivity index (χ3n) is 3.35. The highest BCUT2D eigenvalue weighted by molar-refractivity contribution is 5.67. The number of aryl methyl sites for hydroxylation is 1. The predicted octanol–water partition coefficient (Wildman–Crippen LogP) is 1.74. The standard InChI is InChI=1S/C13H24N4O/c1-9(2)11-10(14)12(16(5)15-11)17-6-7-18-13(3,4)8-17/h9H,6-8,14H2,1-5H3. The molecule has 0 bridgehead atoms. The van der Waals surface area contributed by atoms with Crippen LogP contribution in [-0.4, -0.2) is 35.1 Å². The van der Waals surface area contributed by atoms with E-state index in [0.717, 1.165) is 36.9 Å². The second-order valence-corrected chi connectivity index (χ2v) is 5.93. The molecule has 2 N–H and O–H groups in total. The van der Waals surface area contributed by atoms with Crippen LogP contribution in [0.4, 0.5) is 11.5 Å². The number of anilines is 2. The van der Waals surface area contributed by atoms with Crippen molar-refractivity contribution in [1.82, 2.24) is 9.78 Å². The van der Waals surface area contributed by atoms with Gasteiger partial charge in [-0.15, -0.1) is 0 Å². The molecule has 0 radical (unpaired) electrons. The molecule has 1 aliphatic heterocycles. The van der Waals surface area contributed by atoms with E-state index in [9.17, 15) is 0 Å². The molecule has 102 valence electrons. The highest BCUT2D eigenvalue weighted by Gasteiger charge is 2.30. The fraction of sp³-hybridized carbons (Fsp3) is 0.769. The van der Waals surface area contributed by atoms with Crippen LogP contribution in [-0.2, 0) is 11.8 Å². The number of hydrogen-bond acceptors (Lipinski definition) is 4. The lowest BCUT2D eigenvalue weighted by Crippen LogP contribution is -2.49. The molecule has 1 aromatic rings. The molecule has 0 aromatic carbocycles. The van der Waals surface area contributed by atoms with Crippen molar-refractivity contribution in [1.29, 1.82) is 0 Å². The summed E-state index contributed by atoms with van der Waals surface area (Å²) in [6.07, 6.45) is 0. The fourth-order valence-electron chi connectivity index (χ4n) is 2.55. The summed E-state index contributed by atoms with van der Waals surface area (Å²) >= 11 is 0. The van der Waals surface area contributed by atoms with Gasteiger partial charge in [0, 0.05) is 20.1 Å². The number of ether oxygens (including phenoxy) is 1. The average molecular weight is 252 g/mol. The zero-order chi connectivity index (χ0) is 13.5. The second-order valence-electron chi connectivity index (χ2n) is 5.93. The second kappa shape index (κ2) is 4.46. The van der Waals surface area contributed by atoms with Gasteiger partial charge >= 0.3 is 0 Å². The van der Waals surface area contributed by atoms with Crippen LogP contribution in [0.5, 0.6) is 0 Å². The van der Waals surface area contributed by atoms with E-state index in [-0.39, 0.29) is 5.60 Å². The Hall–Kier alpha value is -1.23. The first kappa shape index (κ1) is 13.2. The third kappa shape index (κ3) is 2.32. The van der Waals surface area contributed by atoms with Crippen molar-refractivity contribution in [2.45, 2.75) is 39.2 Å². The highest BCUT2D eigenvalue weighted by atomic mass is 16.5. The minimum atomic E-state index is -0.132. The first-order valence-electron chi connectivity index (χ1n) is 6.53. The van der Waals surface area contributed by atoms with Gasteiger partial charge < -0.3 is 15.4 Å². The fourth-order valence-corrected chi connectivity index (χ4v) is 2.55. The summed E-state index contributed by atoms with van der Waals surface area (Å²) in [4.78, 5) is 2.28. The lowest BCUT2D eigenvalue weighted by molar-refractivity contribution is -0.0280. The van der Waals surface area contributed by atoms with Crippen LogP contribution in [0.2, 0.25) is 0 Å².